The van der Waals surface area contributed by atoms with Crippen molar-refractivity contribution in [2.24, 2.45) is 5.73 Å². The second-order valence-corrected chi connectivity index (χ2v) is 3.72. The Morgan fingerprint density at radius 2 is 2.31 bits per heavy atom. The van der Waals surface area contributed by atoms with Crippen LogP contribution >= 0.6 is 23.1 Å². The molecule has 0 saturated carbocycles. The van der Waals surface area contributed by atoms with Crippen LogP contribution in [0.4, 0.5) is 4.39 Å². The topological polar surface area (TPSA) is 38.9 Å². The van der Waals surface area contributed by atoms with E-state index in [1.165, 1.54) is 17.6 Å². The van der Waals surface area contributed by atoms with Crippen LogP contribution in [-0.2, 0) is 6.54 Å². The zero-order valence-electron chi connectivity index (χ0n) is 6.55. The van der Waals surface area contributed by atoms with Gasteiger partial charge in [-0.05, 0) is 23.7 Å². The Hall–Kier alpha value is -0.710. The molecule has 0 aliphatic heterocycles. The lowest BCUT2D eigenvalue weighted by Gasteiger charge is -1.95. The van der Waals surface area contributed by atoms with Crippen molar-refractivity contribution in [2.45, 2.75) is 6.54 Å². The summed E-state index contributed by atoms with van der Waals surface area (Å²) in [4.78, 5) is 0. The van der Waals surface area contributed by atoms with E-state index < -0.39 is 5.82 Å². The molecule has 1 aromatic carbocycles. The summed E-state index contributed by atoms with van der Waals surface area (Å²) in [6.45, 7) is 0.349. The molecule has 2 nitrogen and oxygen atoms in total. The third-order valence-corrected chi connectivity index (χ3v) is 3.20. The fraction of sp³-hybridized carbons (Fsp3) is 0.125. The predicted molar refractivity (Wildman–Crippen MR) is 52.5 cm³/mol. The maximum atomic E-state index is 13.0. The highest BCUT2D eigenvalue weighted by Gasteiger charge is 2.10. The molecule has 2 rings (SSSR count). The van der Waals surface area contributed by atoms with Crippen molar-refractivity contribution in [3.8, 4) is 0 Å². The average molecular weight is 217 g/mol. The van der Waals surface area contributed by atoms with Gasteiger partial charge in [-0.3, -0.25) is 0 Å². The molecule has 2 aromatic rings. The highest BCUT2D eigenvalue weighted by atomic mass is 35.5. The molecule has 5 heteroatoms. The second kappa shape index (κ2) is 3.21. The lowest BCUT2D eigenvalue weighted by Crippen LogP contribution is -1.96. The normalized spacial score (nSPS) is 11.0. The Morgan fingerprint density at radius 3 is 3.00 bits per heavy atom. The quantitative estimate of drug-likeness (QED) is 0.796. The summed E-state index contributed by atoms with van der Waals surface area (Å²) in [6, 6.07) is 2.99. The summed E-state index contributed by atoms with van der Waals surface area (Å²) in [5, 5.41) is 0.980. The molecule has 0 aliphatic carbocycles. The molecule has 1 heterocycles. The van der Waals surface area contributed by atoms with Crippen molar-refractivity contribution < 1.29 is 4.39 Å². The van der Waals surface area contributed by atoms with Crippen LogP contribution in [0, 0.1) is 5.82 Å². The number of rotatable bonds is 1. The largest absolute Gasteiger partial charge is 0.325 e. The van der Waals surface area contributed by atoms with E-state index in [4.69, 9.17) is 17.3 Å². The van der Waals surface area contributed by atoms with Crippen LogP contribution in [0.25, 0.3) is 10.1 Å². The van der Waals surface area contributed by atoms with E-state index in [-0.39, 0.29) is 5.02 Å². The van der Waals surface area contributed by atoms with Crippen LogP contribution < -0.4 is 5.73 Å². The molecule has 0 radical (unpaired) electrons. The minimum Gasteiger partial charge on any atom is -0.325 e. The van der Waals surface area contributed by atoms with Gasteiger partial charge in [-0.1, -0.05) is 11.6 Å². The first kappa shape index (κ1) is 8.87. The molecule has 0 unspecified atom stereocenters. The Bertz CT molecular complexity index is 455. The van der Waals surface area contributed by atoms with Crippen molar-refractivity contribution in [3.63, 3.8) is 0 Å². The molecule has 0 amide bonds. The van der Waals surface area contributed by atoms with Crippen molar-refractivity contribution in [3.05, 3.63) is 28.7 Å². The molecule has 0 atom stereocenters. The number of nitrogens with zero attached hydrogens (tertiary/aromatic N) is 1. The fourth-order valence-electron chi connectivity index (χ4n) is 1.15. The fourth-order valence-corrected chi connectivity index (χ4v) is 2.25. The first-order chi connectivity index (χ1) is 6.24. The number of hydrogen-bond donors (Lipinski definition) is 1. The van der Waals surface area contributed by atoms with Gasteiger partial charge in [0.1, 0.15) is 5.82 Å². The van der Waals surface area contributed by atoms with Gasteiger partial charge in [-0.2, -0.15) is 4.37 Å². The SMILES string of the molecule is NCc1nsc2c(Cl)c(F)ccc12. The first-order valence-electron chi connectivity index (χ1n) is 3.66. The zero-order valence-corrected chi connectivity index (χ0v) is 8.12. The van der Waals surface area contributed by atoms with Gasteiger partial charge in [0.15, 0.2) is 0 Å². The van der Waals surface area contributed by atoms with Crippen molar-refractivity contribution in [1.29, 1.82) is 0 Å². The van der Waals surface area contributed by atoms with E-state index in [0.29, 0.717) is 11.2 Å². The van der Waals surface area contributed by atoms with Gasteiger partial charge < -0.3 is 5.73 Å². The molecule has 0 spiro atoms. The number of hydrogen-bond acceptors (Lipinski definition) is 3. The van der Waals surface area contributed by atoms with Crippen LogP contribution in [0.15, 0.2) is 12.1 Å². The Labute approximate surface area is 83.3 Å². The molecule has 0 saturated heterocycles. The van der Waals surface area contributed by atoms with Gasteiger partial charge in [-0.15, -0.1) is 0 Å². The molecule has 2 N–H and O–H groups in total. The van der Waals surface area contributed by atoms with Gasteiger partial charge >= 0.3 is 0 Å². The monoisotopic (exact) mass is 216 g/mol. The average Bonchev–Trinajstić information content (AvgIpc) is 2.55. The van der Waals surface area contributed by atoms with Crippen molar-refractivity contribution in [1.82, 2.24) is 4.37 Å². The zero-order chi connectivity index (χ0) is 9.42. The minimum atomic E-state index is -0.415. The van der Waals surface area contributed by atoms with Gasteiger partial charge in [0.25, 0.3) is 0 Å². The number of aromatic nitrogens is 1. The number of nitrogens with two attached hydrogens (primary N) is 1. The number of halogens is 2. The van der Waals surface area contributed by atoms with Crippen molar-refractivity contribution in [2.75, 3.05) is 0 Å². The van der Waals surface area contributed by atoms with Crippen LogP contribution in [-0.4, -0.2) is 4.37 Å². The van der Waals surface area contributed by atoms with E-state index in [2.05, 4.69) is 4.37 Å². The molecule has 13 heavy (non-hydrogen) atoms. The Kier molecular flexibility index (Phi) is 2.19. The van der Waals surface area contributed by atoms with E-state index in [1.54, 1.807) is 6.07 Å². The Morgan fingerprint density at radius 1 is 1.54 bits per heavy atom. The molecule has 0 fully saturated rings. The number of fused-ring (bicyclic) bond motifs is 1. The molecular weight excluding hydrogens is 211 g/mol. The maximum Gasteiger partial charge on any atom is 0.143 e. The smallest absolute Gasteiger partial charge is 0.143 e. The van der Waals surface area contributed by atoms with E-state index in [0.717, 1.165) is 11.1 Å². The van der Waals surface area contributed by atoms with E-state index in [9.17, 15) is 4.39 Å². The highest BCUT2D eigenvalue weighted by Crippen LogP contribution is 2.31. The number of benzene rings is 1. The van der Waals surface area contributed by atoms with Gasteiger partial charge in [0, 0.05) is 11.9 Å². The highest BCUT2D eigenvalue weighted by molar-refractivity contribution is 7.14. The summed E-state index contributed by atoms with van der Waals surface area (Å²) < 4.78 is 17.7. The predicted octanol–water partition coefficient (Wildman–Crippen LogP) is 2.55. The van der Waals surface area contributed by atoms with Gasteiger partial charge in [0.05, 0.1) is 15.4 Å². The third-order valence-electron chi connectivity index (χ3n) is 1.80. The lowest BCUT2D eigenvalue weighted by molar-refractivity contribution is 0.630. The Balaban J connectivity index is 2.81. The second-order valence-electron chi connectivity index (χ2n) is 2.57. The molecule has 68 valence electrons. The molecule has 0 aliphatic rings. The summed E-state index contributed by atoms with van der Waals surface area (Å²) in [5.41, 5.74) is 6.22. The van der Waals surface area contributed by atoms with Gasteiger partial charge in [-0.25, -0.2) is 4.39 Å². The van der Waals surface area contributed by atoms with E-state index >= 15 is 0 Å². The summed E-state index contributed by atoms with van der Waals surface area (Å²) in [5.74, 6) is -0.415. The van der Waals surface area contributed by atoms with Crippen LogP contribution in [0.5, 0.6) is 0 Å². The van der Waals surface area contributed by atoms with Crippen molar-refractivity contribution >= 4 is 33.2 Å². The summed E-state index contributed by atoms with van der Waals surface area (Å²) in [7, 11) is 0. The summed E-state index contributed by atoms with van der Waals surface area (Å²) in [6.07, 6.45) is 0. The van der Waals surface area contributed by atoms with Gasteiger partial charge in [0.2, 0.25) is 0 Å². The first-order valence-corrected chi connectivity index (χ1v) is 4.81. The maximum absolute atomic E-state index is 13.0. The van der Waals surface area contributed by atoms with Crippen LogP contribution in [0.3, 0.4) is 0 Å². The standard InChI is InChI=1S/C8H6ClFN2S/c9-7-5(10)2-1-4-6(3-11)12-13-8(4)7/h1-2H,3,11H2. The molecular formula is C8H6ClFN2S. The third kappa shape index (κ3) is 1.31. The van der Waals surface area contributed by atoms with Crippen LogP contribution in [0.2, 0.25) is 5.02 Å². The molecule has 0 bridgehead atoms. The van der Waals surface area contributed by atoms with Crippen LogP contribution in [0.1, 0.15) is 5.69 Å². The lowest BCUT2D eigenvalue weighted by atomic mass is 10.2. The van der Waals surface area contributed by atoms with E-state index in [1.807, 2.05) is 0 Å². The molecule has 1 aromatic heterocycles. The summed E-state index contributed by atoms with van der Waals surface area (Å²) >= 11 is 6.93. The minimum absolute atomic E-state index is 0.134.